The lowest BCUT2D eigenvalue weighted by atomic mass is 10.2. The van der Waals surface area contributed by atoms with Crippen LogP contribution in [0.1, 0.15) is 36.0 Å². The molecule has 1 amide bonds. The normalized spacial score (nSPS) is 10.8. The molecule has 0 unspecified atom stereocenters. The zero-order chi connectivity index (χ0) is 19.4. The lowest BCUT2D eigenvalue weighted by Gasteiger charge is -2.20. The van der Waals surface area contributed by atoms with E-state index >= 15 is 0 Å². The second-order valence-corrected chi connectivity index (χ2v) is 7.02. The van der Waals surface area contributed by atoms with Gasteiger partial charge in [0.1, 0.15) is 22.7 Å². The third kappa shape index (κ3) is 3.88. The molecule has 0 fully saturated rings. The summed E-state index contributed by atoms with van der Waals surface area (Å²) in [6.07, 6.45) is 1.57. The first-order valence-corrected chi connectivity index (χ1v) is 9.93. The molecule has 0 aliphatic rings. The van der Waals surface area contributed by atoms with Gasteiger partial charge in [0, 0.05) is 18.8 Å². The predicted octanol–water partition coefficient (Wildman–Crippen LogP) is 4.50. The van der Waals surface area contributed by atoms with E-state index < -0.39 is 0 Å². The van der Waals surface area contributed by atoms with Crippen molar-refractivity contribution in [2.75, 3.05) is 29.9 Å². The van der Waals surface area contributed by atoms with Gasteiger partial charge in [-0.1, -0.05) is 0 Å². The van der Waals surface area contributed by atoms with Crippen LogP contribution in [0.3, 0.4) is 0 Å². The standard InChI is InChI=1S/C20H24N4O2S/c1-5-24(6-2)18-16-13(4)17(27-20(16)22-12-21-18)19(25)23-14-8-10-15(11-9-14)26-7-3/h8-12H,5-7H2,1-4H3,(H,23,25). The topological polar surface area (TPSA) is 67.3 Å². The van der Waals surface area contributed by atoms with Crippen LogP contribution in [0.25, 0.3) is 10.2 Å². The zero-order valence-electron chi connectivity index (χ0n) is 16.1. The third-order valence-corrected chi connectivity index (χ3v) is 5.60. The Balaban J connectivity index is 1.91. The number of anilines is 2. The molecule has 7 heteroatoms. The van der Waals surface area contributed by atoms with Crippen molar-refractivity contribution in [1.82, 2.24) is 9.97 Å². The van der Waals surface area contributed by atoms with Gasteiger partial charge in [0.15, 0.2) is 0 Å². The van der Waals surface area contributed by atoms with Crippen molar-refractivity contribution in [2.24, 2.45) is 0 Å². The summed E-state index contributed by atoms with van der Waals surface area (Å²) >= 11 is 1.40. The molecule has 2 heterocycles. The number of ether oxygens (including phenoxy) is 1. The monoisotopic (exact) mass is 384 g/mol. The molecule has 0 atom stereocenters. The Labute approximate surface area is 163 Å². The summed E-state index contributed by atoms with van der Waals surface area (Å²) in [5, 5.41) is 3.92. The van der Waals surface area contributed by atoms with Gasteiger partial charge in [-0.2, -0.15) is 0 Å². The van der Waals surface area contributed by atoms with Crippen molar-refractivity contribution in [3.05, 3.63) is 41.0 Å². The number of fused-ring (bicyclic) bond motifs is 1. The third-order valence-electron chi connectivity index (χ3n) is 4.40. The second kappa shape index (κ2) is 8.35. The van der Waals surface area contributed by atoms with E-state index in [9.17, 15) is 4.79 Å². The van der Waals surface area contributed by atoms with Crippen LogP contribution in [0.5, 0.6) is 5.75 Å². The SMILES string of the molecule is CCOc1ccc(NC(=O)c2sc3ncnc(N(CC)CC)c3c2C)cc1. The Morgan fingerprint density at radius 2 is 1.85 bits per heavy atom. The number of nitrogens with one attached hydrogen (secondary N) is 1. The summed E-state index contributed by atoms with van der Waals surface area (Å²) < 4.78 is 5.44. The van der Waals surface area contributed by atoms with Gasteiger partial charge in [-0.15, -0.1) is 11.3 Å². The number of benzene rings is 1. The summed E-state index contributed by atoms with van der Waals surface area (Å²) in [7, 11) is 0. The molecule has 2 aromatic heterocycles. The fourth-order valence-corrected chi connectivity index (χ4v) is 4.06. The summed E-state index contributed by atoms with van der Waals surface area (Å²) in [5.41, 5.74) is 1.65. The van der Waals surface area contributed by atoms with Gasteiger partial charge in [0.2, 0.25) is 0 Å². The van der Waals surface area contributed by atoms with E-state index in [0.29, 0.717) is 11.5 Å². The van der Waals surface area contributed by atoms with E-state index in [-0.39, 0.29) is 5.91 Å². The number of carbonyl (C=O) groups excluding carboxylic acids is 1. The number of rotatable bonds is 7. The molecule has 0 aliphatic carbocycles. The Bertz CT molecular complexity index is 933. The van der Waals surface area contributed by atoms with E-state index in [4.69, 9.17) is 4.74 Å². The molecule has 1 N–H and O–H groups in total. The van der Waals surface area contributed by atoms with E-state index in [1.807, 2.05) is 38.1 Å². The Morgan fingerprint density at radius 1 is 1.15 bits per heavy atom. The molecule has 27 heavy (non-hydrogen) atoms. The highest BCUT2D eigenvalue weighted by atomic mass is 32.1. The van der Waals surface area contributed by atoms with Crippen LogP contribution in [0.15, 0.2) is 30.6 Å². The van der Waals surface area contributed by atoms with Crippen molar-refractivity contribution in [1.29, 1.82) is 0 Å². The van der Waals surface area contributed by atoms with Crippen LogP contribution >= 0.6 is 11.3 Å². The Morgan fingerprint density at radius 3 is 2.48 bits per heavy atom. The van der Waals surface area contributed by atoms with Gasteiger partial charge in [0.05, 0.1) is 16.9 Å². The number of nitrogens with zero attached hydrogens (tertiary/aromatic N) is 3. The highest BCUT2D eigenvalue weighted by Crippen LogP contribution is 2.35. The predicted molar refractivity (Wildman–Crippen MR) is 111 cm³/mol. The number of thiophene rings is 1. The van der Waals surface area contributed by atoms with E-state index in [0.717, 1.165) is 46.1 Å². The van der Waals surface area contributed by atoms with Crippen LogP contribution in [0.2, 0.25) is 0 Å². The van der Waals surface area contributed by atoms with Crippen molar-refractivity contribution >= 4 is 39.0 Å². The van der Waals surface area contributed by atoms with Gasteiger partial charge in [0.25, 0.3) is 5.91 Å². The number of aromatic nitrogens is 2. The molecule has 0 aliphatic heterocycles. The minimum absolute atomic E-state index is 0.134. The molecule has 6 nitrogen and oxygen atoms in total. The quantitative estimate of drug-likeness (QED) is 0.650. The minimum Gasteiger partial charge on any atom is -0.494 e. The highest BCUT2D eigenvalue weighted by Gasteiger charge is 2.21. The molecule has 1 aromatic carbocycles. The molecule has 0 saturated heterocycles. The van der Waals surface area contributed by atoms with E-state index in [1.54, 1.807) is 6.33 Å². The first-order valence-electron chi connectivity index (χ1n) is 9.12. The Hall–Kier alpha value is -2.67. The van der Waals surface area contributed by atoms with Gasteiger partial charge in [-0.05, 0) is 57.5 Å². The van der Waals surface area contributed by atoms with E-state index in [1.165, 1.54) is 11.3 Å². The summed E-state index contributed by atoms with van der Waals surface area (Å²) in [6, 6.07) is 7.38. The molecule has 142 valence electrons. The number of hydrogen-bond acceptors (Lipinski definition) is 6. The molecule has 0 spiro atoms. The van der Waals surface area contributed by atoms with Crippen molar-refractivity contribution < 1.29 is 9.53 Å². The number of carbonyl (C=O) groups is 1. The van der Waals surface area contributed by atoms with Gasteiger partial charge in [-0.25, -0.2) is 9.97 Å². The lowest BCUT2D eigenvalue weighted by molar-refractivity contribution is 0.103. The summed E-state index contributed by atoms with van der Waals surface area (Å²) in [6.45, 7) is 10.4. The first kappa shape index (κ1) is 19.1. The number of amides is 1. The fraction of sp³-hybridized carbons (Fsp3) is 0.350. The molecule has 0 saturated carbocycles. The Kier molecular flexibility index (Phi) is 5.91. The van der Waals surface area contributed by atoms with Crippen LogP contribution in [0, 0.1) is 6.92 Å². The van der Waals surface area contributed by atoms with Crippen LogP contribution in [-0.2, 0) is 0 Å². The molecular weight excluding hydrogens is 360 g/mol. The smallest absolute Gasteiger partial charge is 0.266 e. The highest BCUT2D eigenvalue weighted by molar-refractivity contribution is 7.20. The second-order valence-electron chi connectivity index (χ2n) is 6.02. The molecule has 0 radical (unpaired) electrons. The van der Waals surface area contributed by atoms with Crippen LogP contribution < -0.4 is 15.0 Å². The van der Waals surface area contributed by atoms with Crippen molar-refractivity contribution in [3.8, 4) is 5.75 Å². The molecule has 0 bridgehead atoms. The van der Waals surface area contributed by atoms with E-state index in [2.05, 4.69) is 34.0 Å². The fourth-order valence-electron chi connectivity index (χ4n) is 3.02. The van der Waals surface area contributed by atoms with Gasteiger partial charge in [-0.3, -0.25) is 4.79 Å². The lowest BCUT2D eigenvalue weighted by Crippen LogP contribution is -2.23. The average molecular weight is 385 g/mol. The van der Waals surface area contributed by atoms with Gasteiger partial charge < -0.3 is 15.0 Å². The van der Waals surface area contributed by atoms with Crippen LogP contribution in [0.4, 0.5) is 11.5 Å². The largest absolute Gasteiger partial charge is 0.494 e. The van der Waals surface area contributed by atoms with Crippen molar-refractivity contribution in [3.63, 3.8) is 0 Å². The number of hydrogen-bond donors (Lipinski definition) is 1. The maximum absolute atomic E-state index is 12.8. The molecule has 3 aromatic rings. The maximum Gasteiger partial charge on any atom is 0.266 e. The zero-order valence-corrected chi connectivity index (χ0v) is 16.9. The van der Waals surface area contributed by atoms with Crippen LogP contribution in [-0.4, -0.2) is 35.6 Å². The summed E-state index contributed by atoms with van der Waals surface area (Å²) in [5.74, 6) is 1.54. The molecule has 3 rings (SSSR count). The first-order chi connectivity index (χ1) is 13.1. The average Bonchev–Trinajstić information content (AvgIpc) is 3.02. The summed E-state index contributed by atoms with van der Waals surface area (Å²) in [4.78, 5) is 25.4. The van der Waals surface area contributed by atoms with Crippen molar-refractivity contribution in [2.45, 2.75) is 27.7 Å². The number of aryl methyl sites for hydroxylation is 1. The maximum atomic E-state index is 12.8. The van der Waals surface area contributed by atoms with Gasteiger partial charge >= 0.3 is 0 Å². The molecular formula is C20H24N4O2S. The minimum atomic E-state index is -0.134.